The summed E-state index contributed by atoms with van der Waals surface area (Å²) in [6.07, 6.45) is 2.51. The largest absolute Gasteiger partial charge is 0.494 e. The van der Waals surface area contributed by atoms with Gasteiger partial charge >= 0.3 is 0 Å². The third-order valence-electron chi connectivity index (χ3n) is 3.73. The second-order valence-corrected chi connectivity index (χ2v) is 5.56. The highest BCUT2D eigenvalue weighted by Gasteiger charge is 2.05. The number of carbonyl (C=O) groups is 1. The molecule has 3 rings (SSSR count). The molecular weight excluding hydrogens is 312 g/mol. The second-order valence-electron chi connectivity index (χ2n) is 5.56. The van der Waals surface area contributed by atoms with Gasteiger partial charge in [0.1, 0.15) is 5.75 Å². The fraction of sp³-hybridized carbons (Fsp3) is 0.143. The van der Waals surface area contributed by atoms with E-state index in [0.717, 1.165) is 23.4 Å². The van der Waals surface area contributed by atoms with E-state index in [1.54, 1.807) is 6.20 Å². The van der Waals surface area contributed by atoms with Crippen LogP contribution in [-0.2, 0) is 0 Å². The van der Waals surface area contributed by atoms with Gasteiger partial charge in [0.05, 0.1) is 12.3 Å². The fourth-order valence-electron chi connectivity index (χ4n) is 2.41. The molecule has 126 valence electrons. The third kappa shape index (κ3) is 4.91. The van der Waals surface area contributed by atoms with Crippen molar-refractivity contribution in [2.45, 2.75) is 6.42 Å². The molecule has 0 unspecified atom stereocenters. The van der Waals surface area contributed by atoms with Gasteiger partial charge in [-0.3, -0.25) is 9.78 Å². The van der Waals surface area contributed by atoms with Gasteiger partial charge in [0.2, 0.25) is 0 Å². The van der Waals surface area contributed by atoms with Crippen LogP contribution in [0.15, 0.2) is 79.0 Å². The molecule has 2 aromatic carbocycles. The molecule has 0 aliphatic rings. The molecule has 25 heavy (non-hydrogen) atoms. The van der Waals surface area contributed by atoms with Crippen molar-refractivity contribution in [1.29, 1.82) is 0 Å². The van der Waals surface area contributed by atoms with Gasteiger partial charge in [-0.1, -0.05) is 36.4 Å². The number of rotatable bonds is 7. The van der Waals surface area contributed by atoms with Gasteiger partial charge in [-0.25, -0.2) is 0 Å². The van der Waals surface area contributed by atoms with Crippen LogP contribution in [-0.4, -0.2) is 24.0 Å². The van der Waals surface area contributed by atoms with Crippen LogP contribution in [0.5, 0.6) is 5.75 Å². The van der Waals surface area contributed by atoms with Crippen molar-refractivity contribution in [2.75, 3.05) is 13.2 Å². The van der Waals surface area contributed by atoms with E-state index in [-0.39, 0.29) is 5.91 Å². The molecule has 0 aliphatic heterocycles. The number of aromatic nitrogens is 1. The monoisotopic (exact) mass is 332 g/mol. The van der Waals surface area contributed by atoms with Gasteiger partial charge < -0.3 is 10.1 Å². The smallest absolute Gasteiger partial charge is 0.251 e. The fourth-order valence-corrected chi connectivity index (χ4v) is 2.41. The minimum atomic E-state index is -0.0766. The van der Waals surface area contributed by atoms with Crippen LogP contribution in [0, 0.1) is 0 Å². The maximum absolute atomic E-state index is 12.2. The minimum Gasteiger partial charge on any atom is -0.494 e. The highest BCUT2D eigenvalue weighted by molar-refractivity contribution is 5.94. The van der Waals surface area contributed by atoms with Crippen LogP contribution >= 0.6 is 0 Å². The van der Waals surface area contributed by atoms with Crippen molar-refractivity contribution in [3.8, 4) is 17.0 Å². The predicted molar refractivity (Wildman–Crippen MR) is 98.6 cm³/mol. The first-order valence-electron chi connectivity index (χ1n) is 8.30. The lowest BCUT2D eigenvalue weighted by Gasteiger charge is -2.08. The highest BCUT2D eigenvalue weighted by atomic mass is 16.5. The van der Waals surface area contributed by atoms with E-state index >= 15 is 0 Å². The summed E-state index contributed by atoms with van der Waals surface area (Å²) in [5.74, 6) is 0.770. The van der Waals surface area contributed by atoms with Crippen molar-refractivity contribution >= 4 is 5.91 Å². The van der Waals surface area contributed by atoms with Crippen LogP contribution in [0.2, 0.25) is 0 Å². The van der Waals surface area contributed by atoms with Crippen molar-refractivity contribution in [2.24, 2.45) is 0 Å². The lowest BCUT2D eigenvalue weighted by molar-refractivity contribution is 0.0951. The molecule has 1 amide bonds. The van der Waals surface area contributed by atoms with E-state index in [1.807, 2.05) is 72.8 Å². The minimum absolute atomic E-state index is 0.0766. The molecule has 4 heteroatoms. The topological polar surface area (TPSA) is 51.2 Å². The number of hydrogen-bond acceptors (Lipinski definition) is 3. The number of nitrogens with zero attached hydrogens (tertiary/aromatic N) is 1. The predicted octanol–water partition coefficient (Wildman–Crippen LogP) is 3.95. The summed E-state index contributed by atoms with van der Waals surface area (Å²) in [6, 6.07) is 22.9. The summed E-state index contributed by atoms with van der Waals surface area (Å²) < 4.78 is 5.60. The molecule has 0 saturated carbocycles. The Labute approximate surface area is 147 Å². The van der Waals surface area contributed by atoms with Crippen LogP contribution in [0.25, 0.3) is 11.3 Å². The van der Waals surface area contributed by atoms with Gasteiger partial charge in [-0.2, -0.15) is 0 Å². The number of carbonyl (C=O) groups excluding carboxylic acids is 1. The zero-order valence-electron chi connectivity index (χ0n) is 13.9. The van der Waals surface area contributed by atoms with Gasteiger partial charge in [-0.05, 0) is 42.8 Å². The SMILES string of the molecule is O=C(NCCCOc1ccccc1)c1ccc(-c2ccccn2)cc1. The zero-order chi connectivity index (χ0) is 17.3. The molecular formula is C21H20N2O2. The summed E-state index contributed by atoms with van der Waals surface area (Å²) in [7, 11) is 0. The Kier molecular flexibility index (Phi) is 5.77. The summed E-state index contributed by atoms with van der Waals surface area (Å²) in [5, 5.41) is 2.91. The maximum Gasteiger partial charge on any atom is 0.251 e. The molecule has 0 atom stereocenters. The first-order chi connectivity index (χ1) is 12.3. The summed E-state index contributed by atoms with van der Waals surface area (Å²) >= 11 is 0. The molecule has 1 heterocycles. The Hall–Kier alpha value is -3.14. The number of pyridine rings is 1. The second kappa shape index (κ2) is 8.64. The Morgan fingerprint density at radius 3 is 2.40 bits per heavy atom. The van der Waals surface area contributed by atoms with E-state index in [9.17, 15) is 4.79 Å². The van der Waals surface area contributed by atoms with Gasteiger partial charge in [0, 0.05) is 23.9 Å². The van der Waals surface area contributed by atoms with Gasteiger partial charge in [0.15, 0.2) is 0 Å². The Balaban J connectivity index is 1.44. The maximum atomic E-state index is 12.2. The molecule has 1 aromatic heterocycles. The van der Waals surface area contributed by atoms with Crippen LogP contribution < -0.4 is 10.1 Å². The molecule has 3 aromatic rings. The summed E-state index contributed by atoms with van der Waals surface area (Å²) in [6.45, 7) is 1.15. The van der Waals surface area contributed by atoms with Crippen molar-refractivity contribution in [3.63, 3.8) is 0 Å². The summed E-state index contributed by atoms with van der Waals surface area (Å²) in [4.78, 5) is 16.5. The van der Waals surface area contributed by atoms with Crippen molar-refractivity contribution in [3.05, 3.63) is 84.6 Å². The van der Waals surface area contributed by atoms with Crippen molar-refractivity contribution < 1.29 is 9.53 Å². The number of amides is 1. The number of ether oxygens (including phenoxy) is 1. The van der Waals surface area contributed by atoms with Gasteiger partial charge in [0.25, 0.3) is 5.91 Å². The standard InChI is InChI=1S/C21H20N2O2/c24-21(23-15-6-16-25-19-7-2-1-3-8-19)18-12-10-17(11-13-18)20-9-4-5-14-22-20/h1-5,7-14H,6,15-16H2,(H,23,24). The van der Waals surface area contributed by atoms with Gasteiger partial charge in [-0.15, -0.1) is 0 Å². The van der Waals surface area contributed by atoms with E-state index in [2.05, 4.69) is 10.3 Å². The molecule has 1 N–H and O–H groups in total. The molecule has 0 spiro atoms. The number of hydrogen-bond donors (Lipinski definition) is 1. The average Bonchev–Trinajstić information content (AvgIpc) is 2.69. The zero-order valence-corrected chi connectivity index (χ0v) is 13.9. The molecule has 0 saturated heterocycles. The molecule has 0 aliphatic carbocycles. The number of para-hydroxylation sites is 1. The van der Waals surface area contributed by atoms with E-state index in [1.165, 1.54) is 0 Å². The van der Waals surface area contributed by atoms with E-state index in [0.29, 0.717) is 18.7 Å². The first kappa shape index (κ1) is 16.7. The van der Waals surface area contributed by atoms with Crippen molar-refractivity contribution in [1.82, 2.24) is 10.3 Å². The Morgan fingerprint density at radius 1 is 0.920 bits per heavy atom. The lowest BCUT2D eigenvalue weighted by atomic mass is 10.1. The lowest BCUT2D eigenvalue weighted by Crippen LogP contribution is -2.25. The number of nitrogens with one attached hydrogen (secondary N) is 1. The third-order valence-corrected chi connectivity index (χ3v) is 3.73. The molecule has 0 fully saturated rings. The van der Waals surface area contributed by atoms with Crippen LogP contribution in [0.4, 0.5) is 0 Å². The van der Waals surface area contributed by atoms with Crippen LogP contribution in [0.3, 0.4) is 0 Å². The molecule has 4 nitrogen and oxygen atoms in total. The van der Waals surface area contributed by atoms with E-state index < -0.39 is 0 Å². The van der Waals surface area contributed by atoms with E-state index in [4.69, 9.17) is 4.74 Å². The summed E-state index contributed by atoms with van der Waals surface area (Å²) in [5.41, 5.74) is 2.53. The quantitative estimate of drug-likeness (QED) is 0.667. The Bertz CT molecular complexity index is 787. The molecule has 0 bridgehead atoms. The van der Waals surface area contributed by atoms with Crippen LogP contribution in [0.1, 0.15) is 16.8 Å². The number of benzene rings is 2. The normalized spacial score (nSPS) is 10.2. The first-order valence-corrected chi connectivity index (χ1v) is 8.30. The Morgan fingerprint density at radius 2 is 1.68 bits per heavy atom. The molecule has 0 radical (unpaired) electrons. The average molecular weight is 332 g/mol. The highest BCUT2D eigenvalue weighted by Crippen LogP contribution is 2.16.